The van der Waals surface area contributed by atoms with E-state index in [4.69, 9.17) is 14.2 Å². The summed E-state index contributed by atoms with van der Waals surface area (Å²) in [5.41, 5.74) is 1.60. The van der Waals surface area contributed by atoms with Crippen LogP contribution in [0.3, 0.4) is 0 Å². The summed E-state index contributed by atoms with van der Waals surface area (Å²) < 4.78 is 16.1. The molecule has 0 spiro atoms. The second kappa shape index (κ2) is 9.10. The molecule has 0 radical (unpaired) electrons. The summed E-state index contributed by atoms with van der Waals surface area (Å²) in [6.45, 7) is 2.40. The summed E-state index contributed by atoms with van der Waals surface area (Å²) in [5.74, 6) is 1.87. The zero-order valence-corrected chi connectivity index (χ0v) is 15.9. The fourth-order valence-corrected chi connectivity index (χ4v) is 2.67. The summed E-state index contributed by atoms with van der Waals surface area (Å²) in [6.07, 6.45) is 0. The maximum absolute atomic E-state index is 12.6. The first kappa shape index (κ1) is 19.6. The van der Waals surface area contributed by atoms with Gasteiger partial charge >= 0.3 is 0 Å². The first-order chi connectivity index (χ1) is 12.5. The smallest absolute Gasteiger partial charge is 0.241 e. The van der Waals surface area contributed by atoms with E-state index in [-0.39, 0.29) is 11.9 Å². The van der Waals surface area contributed by atoms with Crippen LogP contribution in [0.15, 0.2) is 42.5 Å². The number of ether oxygens (including phenoxy) is 3. The van der Waals surface area contributed by atoms with Crippen LogP contribution in [-0.2, 0) is 11.3 Å². The number of benzene rings is 2. The third kappa shape index (κ3) is 4.46. The molecule has 6 heteroatoms. The topological polar surface area (TPSA) is 60.0 Å². The quantitative estimate of drug-likeness (QED) is 0.785. The summed E-state index contributed by atoms with van der Waals surface area (Å²) in [7, 11) is 6.69. The van der Waals surface area contributed by atoms with Crippen LogP contribution in [0.1, 0.15) is 12.5 Å². The largest absolute Gasteiger partial charge is 0.495 e. The summed E-state index contributed by atoms with van der Waals surface area (Å²) in [4.78, 5) is 14.6. The molecule has 0 unspecified atom stereocenters. The summed E-state index contributed by atoms with van der Waals surface area (Å²) >= 11 is 0. The fraction of sp³-hybridized carbons (Fsp3) is 0.350. The van der Waals surface area contributed by atoms with Crippen LogP contribution in [0, 0.1) is 0 Å². The molecule has 2 aromatic carbocycles. The van der Waals surface area contributed by atoms with Gasteiger partial charge in [0.15, 0.2) is 11.5 Å². The summed E-state index contributed by atoms with van der Waals surface area (Å²) in [5, 5.41) is 2.92. The van der Waals surface area contributed by atoms with Crippen molar-refractivity contribution in [2.75, 3.05) is 33.7 Å². The lowest BCUT2D eigenvalue weighted by Crippen LogP contribution is -2.39. The number of para-hydroxylation sites is 3. The average molecular weight is 358 g/mol. The molecule has 0 aliphatic heterocycles. The molecule has 1 atom stereocenters. The highest BCUT2D eigenvalue weighted by atomic mass is 16.5. The number of carbonyl (C=O) groups is 1. The number of nitrogens with one attached hydrogen (secondary N) is 1. The molecule has 0 heterocycles. The van der Waals surface area contributed by atoms with Gasteiger partial charge in [-0.15, -0.1) is 0 Å². The SMILES string of the molecule is COc1ccccc1NC(=O)[C@H](C)N(C)Cc1cccc(OC)c1OC. The molecular formula is C20H26N2O4. The monoisotopic (exact) mass is 358 g/mol. The van der Waals surface area contributed by atoms with Crippen molar-refractivity contribution >= 4 is 11.6 Å². The molecule has 26 heavy (non-hydrogen) atoms. The van der Waals surface area contributed by atoms with Gasteiger partial charge in [-0.25, -0.2) is 0 Å². The number of anilines is 1. The number of hydrogen-bond acceptors (Lipinski definition) is 5. The molecule has 0 aliphatic rings. The van der Waals surface area contributed by atoms with E-state index in [0.29, 0.717) is 29.5 Å². The molecule has 140 valence electrons. The Labute approximate surface area is 154 Å². The predicted molar refractivity (Wildman–Crippen MR) is 102 cm³/mol. The van der Waals surface area contributed by atoms with E-state index >= 15 is 0 Å². The maximum atomic E-state index is 12.6. The van der Waals surface area contributed by atoms with Gasteiger partial charge in [0.2, 0.25) is 5.91 Å². The number of hydrogen-bond donors (Lipinski definition) is 1. The van der Waals surface area contributed by atoms with Crippen molar-refractivity contribution in [3.8, 4) is 17.2 Å². The Bertz CT molecular complexity index is 748. The Morgan fingerprint density at radius 3 is 2.31 bits per heavy atom. The minimum absolute atomic E-state index is 0.112. The van der Waals surface area contributed by atoms with Crippen LogP contribution in [0.25, 0.3) is 0 Å². The van der Waals surface area contributed by atoms with Gasteiger partial charge in [0, 0.05) is 12.1 Å². The first-order valence-electron chi connectivity index (χ1n) is 8.35. The molecule has 1 amide bonds. The molecule has 6 nitrogen and oxygen atoms in total. The molecule has 0 bridgehead atoms. The third-order valence-corrected chi connectivity index (χ3v) is 4.31. The van der Waals surface area contributed by atoms with E-state index in [1.54, 1.807) is 21.3 Å². The number of likely N-dealkylation sites (N-methyl/N-ethyl adjacent to an activating group) is 1. The van der Waals surface area contributed by atoms with Crippen molar-refractivity contribution in [2.45, 2.75) is 19.5 Å². The van der Waals surface area contributed by atoms with Crippen molar-refractivity contribution in [1.82, 2.24) is 4.90 Å². The minimum Gasteiger partial charge on any atom is -0.495 e. The van der Waals surface area contributed by atoms with Gasteiger partial charge in [-0.2, -0.15) is 0 Å². The van der Waals surface area contributed by atoms with E-state index in [2.05, 4.69) is 5.32 Å². The van der Waals surface area contributed by atoms with Crippen LogP contribution >= 0.6 is 0 Å². The van der Waals surface area contributed by atoms with E-state index < -0.39 is 0 Å². The van der Waals surface area contributed by atoms with Gasteiger partial charge in [-0.05, 0) is 32.2 Å². The fourth-order valence-electron chi connectivity index (χ4n) is 2.67. The second-order valence-corrected chi connectivity index (χ2v) is 5.93. The molecule has 0 aromatic heterocycles. The van der Waals surface area contributed by atoms with Crippen molar-refractivity contribution in [2.24, 2.45) is 0 Å². The van der Waals surface area contributed by atoms with Gasteiger partial charge in [-0.3, -0.25) is 9.69 Å². The van der Waals surface area contributed by atoms with Gasteiger partial charge in [-0.1, -0.05) is 24.3 Å². The molecular weight excluding hydrogens is 332 g/mol. The normalized spacial score (nSPS) is 11.8. The van der Waals surface area contributed by atoms with Crippen LogP contribution in [0.4, 0.5) is 5.69 Å². The van der Waals surface area contributed by atoms with E-state index in [1.165, 1.54) is 0 Å². The average Bonchev–Trinajstić information content (AvgIpc) is 2.67. The lowest BCUT2D eigenvalue weighted by atomic mass is 10.1. The Balaban J connectivity index is 2.10. The van der Waals surface area contributed by atoms with E-state index in [9.17, 15) is 4.79 Å². The lowest BCUT2D eigenvalue weighted by molar-refractivity contribution is -0.120. The predicted octanol–water partition coefficient (Wildman–Crippen LogP) is 3.17. The Kier molecular flexibility index (Phi) is 6.86. The van der Waals surface area contributed by atoms with Crippen LogP contribution in [0.5, 0.6) is 17.2 Å². The van der Waals surface area contributed by atoms with Gasteiger partial charge in [0.05, 0.1) is 33.1 Å². The molecule has 2 aromatic rings. The van der Waals surface area contributed by atoms with Gasteiger partial charge < -0.3 is 19.5 Å². The molecule has 0 fully saturated rings. The highest BCUT2D eigenvalue weighted by molar-refractivity contribution is 5.95. The highest BCUT2D eigenvalue weighted by Crippen LogP contribution is 2.31. The molecule has 0 saturated heterocycles. The molecule has 0 aliphatic carbocycles. The third-order valence-electron chi connectivity index (χ3n) is 4.31. The number of rotatable bonds is 8. The number of nitrogens with zero attached hydrogens (tertiary/aromatic N) is 1. The summed E-state index contributed by atoms with van der Waals surface area (Å²) in [6, 6.07) is 12.7. The van der Waals surface area contributed by atoms with Gasteiger partial charge in [0.25, 0.3) is 0 Å². The zero-order chi connectivity index (χ0) is 19.1. The Hall–Kier alpha value is -2.73. The van der Waals surface area contributed by atoms with Gasteiger partial charge in [0.1, 0.15) is 5.75 Å². The standard InChI is InChI=1S/C20H26N2O4/c1-14(20(23)21-16-10-6-7-11-17(16)24-3)22(2)13-15-9-8-12-18(25-4)19(15)26-5/h6-12,14H,13H2,1-5H3,(H,21,23)/t14-/m0/s1. The molecule has 1 N–H and O–H groups in total. The van der Waals surface area contributed by atoms with Crippen LogP contribution in [-0.4, -0.2) is 45.2 Å². The number of carbonyl (C=O) groups excluding carboxylic acids is 1. The van der Waals surface area contributed by atoms with Crippen molar-refractivity contribution in [1.29, 1.82) is 0 Å². The van der Waals surface area contributed by atoms with Crippen LogP contribution in [0.2, 0.25) is 0 Å². The van der Waals surface area contributed by atoms with Crippen LogP contribution < -0.4 is 19.5 Å². The lowest BCUT2D eigenvalue weighted by Gasteiger charge is -2.25. The van der Waals surface area contributed by atoms with E-state index in [0.717, 1.165) is 5.56 Å². The Morgan fingerprint density at radius 2 is 1.65 bits per heavy atom. The molecule has 2 rings (SSSR count). The number of amides is 1. The first-order valence-corrected chi connectivity index (χ1v) is 8.35. The van der Waals surface area contributed by atoms with Crippen molar-refractivity contribution in [3.63, 3.8) is 0 Å². The second-order valence-electron chi connectivity index (χ2n) is 5.93. The zero-order valence-electron chi connectivity index (χ0n) is 15.9. The van der Waals surface area contributed by atoms with Crippen molar-refractivity contribution in [3.05, 3.63) is 48.0 Å². The molecule has 0 saturated carbocycles. The minimum atomic E-state index is -0.351. The highest BCUT2D eigenvalue weighted by Gasteiger charge is 2.21. The maximum Gasteiger partial charge on any atom is 0.241 e. The van der Waals surface area contributed by atoms with E-state index in [1.807, 2.05) is 61.3 Å². The Morgan fingerprint density at radius 1 is 1.00 bits per heavy atom. The van der Waals surface area contributed by atoms with Crippen molar-refractivity contribution < 1.29 is 19.0 Å². The number of methoxy groups -OCH3 is 3.